The van der Waals surface area contributed by atoms with Crippen molar-refractivity contribution in [2.45, 2.75) is 25.2 Å². The molecule has 0 atom stereocenters. The lowest BCUT2D eigenvalue weighted by molar-refractivity contribution is -0.147. The van der Waals surface area contributed by atoms with Gasteiger partial charge in [-0.3, -0.25) is 9.59 Å². The Morgan fingerprint density at radius 3 is 2.44 bits per heavy atom. The number of benzene rings is 1. The first-order chi connectivity index (χ1) is 15.0. The van der Waals surface area contributed by atoms with Crippen LogP contribution in [0.3, 0.4) is 0 Å². The van der Waals surface area contributed by atoms with E-state index in [1.54, 1.807) is 13.8 Å². The summed E-state index contributed by atoms with van der Waals surface area (Å²) in [5.74, 6) is -4.72. The van der Waals surface area contributed by atoms with Crippen molar-refractivity contribution in [2.75, 3.05) is 25.6 Å². The highest BCUT2D eigenvalue weighted by Crippen LogP contribution is 2.32. The number of ether oxygens (including phenoxy) is 2. The summed E-state index contributed by atoms with van der Waals surface area (Å²) in [7, 11) is -2.96. The van der Waals surface area contributed by atoms with Gasteiger partial charge in [0.2, 0.25) is 10.0 Å². The number of halogens is 2. The Balaban J connectivity index is 1.85. The van der Waals surface area contributed by atoms with Crippen molar-refractivity contribution >= 4 is 44.2 Å². The number of methoxy groups -OCH3 is 1. The van der Waals surface area contributed by atoms with Crippen LogP contribution in [0.15, 0.2) is 23.1 Å². The molecule has 0 spiro atoms. The molecule has 32 heavy (non-hydrogen) atoms. The molecule has 13 heteroatoms. The van der Waals surface area contributed by atoms with Crippen molar-refractivity contribution < 1.29 is 41.1 Å². The Labute approximate surface area is 186 Å². The Kier molecular flexibility index (Phi) is 8.41. The third-order valence-electron chi connectivity index (χ3n) is 4.21. The van der Waals surface area contributed by atoms with Crippen molar-refractivity contribution in [3.8, 4) is 0 Å². The van der Waals surface area contributed by atoms with E-state index in [0.29, 0.717) is 17.7 Å². The third-order valence-corrected chi connectivity index (χ3v) is 6.80. The van der Waals surface area contributed by atoms with E-state index >= 15 is 0 Å². The zero-order valence-electron chi connectivity index (χ0n) is 17.3. The number of sulfonamides is 1. The van der Waals surface area contributed by atoms with Gasteiger partial charge in [0.05, 0.1) is 24.0 Å². The van der Waals surface area contributed by atoms with Crippen LogP contribution in [0.25, 0.3) is 0 Å². The minimum Gasteiger partial charge on any atom is -0.465 e. The van der Waals surface area contributed by atoms with Gasteiger partial charge in [0.15, 0.2) is 18.2 Å². The fraction of sp³-hybridized carbons (Fsp3) is 0.316. The number of aryl methyl sites for hydroxylation is 1. The molecule has 9 nitrogen and oxygen atoms in total. The van der Waals surface area contributed by atoms with Gasteiger partial charge in [-0.05, 0) is 37.6 Å². The number of amides is 1. The Bertz CT molecular complexity index is 1150. The molecule has 0 bridgehead atoms. The second-order valence-electron chi connectivity index (χ2n) is 6.41. The number of anilines is 1. The van der Waals surface area contributed by atoms with Gasteiger partial charge < -0.3 is 14.8 Å². The number of esters is 2. The van der Waals surface area contributed by atoms with Crippen LogP contribution < -0.4 is 10.0 Å². The van der Waals surface area contributed by atoms with E-state index in [0.717, 1.165) is 22.3 Å². The first-order valence-electron chi connectivity index (χ1n) is 9.04. The van der Waals surface area contributed by atoms with Crippen LogP contribution in [-0.2, 0) is 29.1 Å². The summed E-state index contributed by atoms with van der Waals surface area (Å²) in [5, 5.41) is 2.73. The summed E-state index contributed by atoms with van der Waals surface area (Å²) >= 11 is 1.16. The third kappa shape index (κ3) is 6.31. The molecule has 1 aromatic heterocycles. The quantitative estimate of drug-likeness (QED) is 0.516. The van der Waals surface area contributed by atoms with Crippen molar-refractivity contribution in [2.24, 2.45) is 0 Å². The van der Waals surface area contributed by atoms with Gasteiger partial charge in [-0.25, -0.2) is 26.7 Å². The molecule has 1 amide bonds. The predicted octanol–water partition coefficient (Wildman–Crippen LogP) is 2.28. The molecule has 0 aliphatic heterocycles. The molecule has 0 aliphatic rings. The number of carbonyl (C=O) groups is 3. The molecule has 0 saturated heterocycles. The van der Waals surface area contributed by atoms with Crippen LogP contribution in [0.5, 0.6) is 0 Å². The molecule has 2 aromatic rings. The second-order valence-corrected chi connectivity index (χ2v) is 9.40. The van der Waals surface area contributed by atoms with E-state index in [4.69, 9.17) is 9.47 Å². The van der Waals surface area contributed by atoms with Gasteiger partial charge in [0, 0.05) is 11.4 Å². The maximum atomic E-state index is 13.2. The lowest BCUT2D eigenvalue weighted by atomic mass is 10.1. The van der Waals surface area contributed by atoms with Crippen molar-refractivity contribution in [3.05, 3.63) is 45.8 Å². The van der Waals surface area contributed by atoms with Crippen LogP contribution in [0.2, 0.25) is 0 Å². The molecule has 2 rings (SSSR count). The summed E-state index contributed by atoms with van der Waals surface area (Å²) in [5.41, 5.74) is 0.865. The number of hydrogen-bond acceptors (Lipinski definition) is 8. The normalized spacial score (nSPS) is 11.2. The van der Waals surface area contributed by atoms with Gasteiger partial charge in [-0.1, -0.05) is 0 Å². The van der Waals surface area contributed by atoms with E-state index in [-0.39, 0.29) is 10.6 Å². The van der Waals surface area contributed by atoms with Gasteiger partial charge in [-0.15, -0.1) is 11.3 Å². The number of thiophene rings is 1. The molecule has 0 saturated carbocycles. The van der Waals surface area contributed by atoms with Crippen LogP contribution >= 0.6 is 11.3 Å². The molecular weight excluding hydrogens is 470 g/mol. The fourth-order valence-corrected chi connectivity index (χ4v) is 4.57. The highest BCUT2D eigenvalue weighted by atomic mass is 32.2. The lowest BCUT2D eigenvalue weighted by Gasteiger charge is -2.08. The van der Waals surface area contributed by atoms with E-state index in [1.807, 2.05) is 4.72 Å². The standard InChI is InChI=1S/C19H20F2N2O7S2/c1-10-11(2)31-18(17(10)19(26)29-3)23-15(24)9-30-16(25)6-7-22-32(27,28)12-4-5-13(20)14(21)8-12/h4-5,8,22H,6-7,9H2,1-3H3,(H,23,24). The van der Waals surface area contributed by atoms with Crippen LogP contribution in [0.4, 0.5) is 13.8 Å². The van der Waals surface area contributed by atoms with Gasteiger partial charge >= 0.3 is 11.9 Å². The molecule has 174 valence electrons. The largest absolute Gasteiger partial charge is 0.465 e. The Morgan fingerprint density at radius 1 is 1.12 bits per heavy atom. The minimum atomic E-state index is -4.17. The van der Waals surface area contributed by atoms with Crippen molar-refractivity contribution in [1.29, 1.82) is 0 Å². The maximum absolute atomic E-state index is 13.2. The smallest absolute Gasteiger partial charge is 0.341 e. The fourth-order valence-electron chi connectivity index (χ4n) is 2.46. The molecule has 0 radical (unpaired) electrons. The summed E-state index contributed by atoms with van der Waals surface area (Å²) in [6, 6.07) is 2.05. The van der Waals surface area contributed by atoms with Crippen LogP contribution in [0.1, 0.15) is 27.2 Å². The first-order valence-corrected chi connectivity index (χ1v) is 11.3. The zero-order valence-corrected chi connectivity index (χ0v) is 18.9. The SMILES string of the molecule is COC(=O)c1c(NC(=O)COC(=O)CCNS(=O)(=O)c2ccc(F)c(F)c2)sc(C)c1C. The monoisotopic (exact) mass is 490 g/mol. The van der Waals surface area contributed by atoms with Crippen molar-refractivity contribution in [1.82, 2.24) is 4.72 Å². The van der Waals surface area contributed by atoms with E-state index in [9.17, 15) is 31.6 Å². The number of rotatable bonds is 9. The maximum Gasteiger partial charge on any atom is 0.341 e. The highest BCUT2D eigenvalue weighted by Gasteiger charge is 2.22. The Morgan fingerprint density at radius 2 is 1.81 bits per heavy atom. The van der Waals surface area contributed by atoms with Gasteiger partial charge in [0.1, 0.15) is 5.00 Å². The van der Waals surface area contributed by atoms with Crippen LogP contribution in [-0.4, -0.2) is 46.5 Å². The summed E-state index contributed by atoms with van der Waals surface area (Å²) in [6.45, 7) is 2.42. The summed E-state index contributed by atoms with van der Waals surface area (Å²) in [6.07, 6.45) is -0.416. The second kappa shape index (κ2) is 10.6. The molecule has 0 unspecified atom stereocenters. The van der Waals surface area contributed by atoms with E-state index in [2.05, 4.69) is 5.32 Å². The predicted molar refractivity (Wildman–Crippen MR) is 111 cm³/mol. The first kappa shape index (κ1) is 25.4. The average molecular weight is 491 g/mol. The molecular formula is C19H20F2N2O7S2. The van der Waals surface area contributed by atoms with Crippen molar-refractivity contribution in [3.63, 3.8) is 0 Å². The molecule has 1 aromatic carbocycles. The average Bonchev–Trinajstić information content (AvgIpc) is 3.00. The van der Waals surface area contributed by atoms with Gasteiger partial charge in [-0.2, -0.15) is 0 Å². The summed E-state index contributed by atoms with van der Waals surface area (Å²) in [4.78, 5) is 36.0. The minimum absolute atomic E-state index is 0.210. The van der Waals surface area contributed by atoms with Gasteiger partial charge in [0.25, 0.3) is 5.91 Å². The zero-order chi connectivity index (χ0) is 24.1. The molecule has 0 aliphatic carbocycles. The van der Waals surface area contributed by atoms with E-state index < -0.39 is 64.0 Å². The number of nitrogens with one attached hydrogen (secondary N) is 2. The lowest BCUT2D eigenvalue weighted by Crippen LogP contribution is -2.28. The summed E-state index contributed by atoms with van der Waals surface area (Å²) < 4.78 is 61.7. The topological polar surface area (TPSA) is 128 Å². The van der Waals surface area contributed by atoms with E-state index in [1.165, 1.54) is 7.11 Å². The number of carbonyl (C=O) groups excluding carboxylic acids is 3. The number of hydrogen-bond donors (Lipinski definition) is 2. The highest BCUT2D eigenvalue weighted by molar-refractivity contribution is 7.89. The molecule has 1 heterocycles. The van der Waals surface area contributed by atoms with Crippen LogP contribution in [0, 0.1) is 25.5 Å². The molecule has 2 N–H and O–H groups in total. The molecule has 0 fully saturated rings. The Hall–Kier alpha value is -2.90.